The Morgan fingerprint density at radius 1 is 1.53 bits per heavy atom. The van der Waals surface area contributed by atoms with Gasteiger partial charge in [-0.3, -0.25) is 4.21 Å². The van der Waals surface area contributed by atoms with Crippen molar-refractivity contribution in [2.24, 2.45) is 0 Å². The lowest BCUT2D eigenvalue weighted by atomic mass is 10.4. The van der Waals surface area contributed by atoms with Crippen LogP contribution in [-0.4, -0.2) is 20.1 Å². The molecule has 0 aromatic carbocycles. The number of nitrogens with zero attached hydrogens (tertiary/aromatic N) is 2. The third kappa shape index (κ3) is 3.12. The minimum Gasteiger partial charge on any atom is -0.338 e. The zero-order chi connectivity index (χ0) is 10.7. The Balaban J connectivity index is 1.84. The second-order valence-corrected chi connectivity index (χ2v) is 5.54. The SMILES string of the molecule is CCCC[S@](=O)Cc1nc(C2CC2)no1. The molecule has 0 aliphatic heterocycles. The molecule has 0 radical (unpaired) electrons. The van der Waals surface area contributed by atoms with E-state index in [1.807, 2.05) is 0 Å². The van der Waals surface area contributed by atoms with Gasteiger partial charge in [0.2, 0.25) is 5.89 Å². The van der Waals surface area contributed by atoms with Gasteiger partial charge in [-0.15, -0.1) is 0 Å². The fourth-order valence-corrected chi connectivity index (χ4v) is 2.50. The normalized spacial score (nSPS) is 17.9. The molecule has 1 fully saturated rings. The third-order valence-electron chi connectivity index (χ3n) is 2.44. The molecule has 1 aliphatic carbocycles. The van der Waals surface area contributed by atoms with Crippen molar-refractivity contribution in [2.45, 2.75) is 44.3 Å². The smallest absolute Gasteiger partial charge is 0.239 e. The number of aromatic nitrogens is 2. The van der Waals surface area contributed by atoms with Gasteiger partial charge in [0.1, 0.15) is 5.75 Å². The molecule has 1 heterocycles. The van der Waals surface area contributed by atoms with Gasteiger partial charge in [-0.25, -0.2) is 0 Å². The first kappa shape index (κ1) is 10.8. The van der Waals surface area contributed by atoms with Crippen molar-refractivity contribution in [1.82, 2.24) is 10.1 Å². The summed E-state index contributed by atoms with van der Waals surface area (Å²) in [5.74, 6) is 2.99. The molecule has 0 bridgehead atoms. The summed E-state index contributed by atoms with van der Waals surface area (Å²) in [5.41, 5.74) is 0. The molecule has 15 heavy (non-hydrogen) atoms. The molecule has 5 heteroatoms. The van der Waals surface area contributed by atoms with Gasteiger partial charge in [-0.1, -0.05) is 18.5 Å². The van der Waals surface area contributed by atoms with Crippen LogP contribution in [-0.2, 0) is 16.6 Å². The van der Waals surface area contributed by atoms with Crippen LogP contribution in [0.5, 0.6) is 0 Å². The molecule has 1 aromatic heterocycles. The molecule has 0 N–H and O–H groups in total. The standard InChI is InChI=1S/C10H16N2O2S/c1-2-3-6-15(13)7-9-11-10(12-14-9)8-4-5-8/h8H,2-7H2,1H3/t15-/m0/s1. The number of unbranched alkanes of at least 4 members (excludes halogenated alkanes) is 1. The number of hydrogen-bond donors (Lipinski definition) is 0. The minimum atomic E-state index is -0.847. The summed E-state index contributed by atoms with van der Waals surface area (Å²) in [5, 5.41) is 3.89. The summed E-state index contributed by atoms with van der Waals surface area (Å²) in [6, 6.07) is 0. The van der Waals surface area contributed by atoms with E-state index < -0.39 is 10.8 Å². The van der Waals surface area contributed by atoms with Crippen LogP contribution >= 0.6 is 0 Å². The summed E-state index contributed by atoms with van der Waals surface area (Å²) >= 11 is 0. The Hall–Kier alpha value is -0.710. The highest BCUT2D eigenvalue weighted by Crippen LogP contribution is 2.38. The van der Waals surface area contributed by atoms with Gasteiger partial charge in [0, 0.05) is 22.5 Å². The lowest BCUT2D eigenvalue weighted by molar-refractivity contribution is 0.384. The Kier molecular flexibility index (Phi) is 3.51. The maximum Gasteiger partial charge on any atom is 0.239 e. The molecule has 1 aliphatic rings. The van der Waals surface area contributed by atoms with Crippen molar-refractivity contribution in [3.63, 3.8) is 0 Å². The summed E-state index contributed by atoms with van der Waals surface area (Å²) in [6.07, 6.45) is 4.40. The average Bonchev–Trinajstić information content (AvgIpc) is 2.98. The molecular formula is C10H16N2O2S. The van der Waals surface area contributed by atoms with E-state index in [-0.39, 0.29) is 0 Å². The average molecular weight is 228 g/mol. The van der Waals surface area contributed by atoms with Crippen LogP contribution in [0, 0.1) is 0 Å². The van der Waals surface area contributed by atoms with Gasteiger partial charge in [0.15, 0.2) is 5.82 Å². The van der Waals surface area contributed by atoms with Crippen molar-refractivity contribution in [1.29, 1.82) is 0 Å². The van der Waals surface area contributed by atoms with Crippen LogP contribution in [0.4, 0.5) is 0 Å². The van der Waals surface area contributed by atoms with Gasteiger partial charge in [-0.2, -0.15) is 4.98 Å². The fraction of sp³-hybridized carbons (Fsp3) is 0.800. The topological polar surface area (TPSA) is 56.0 Å². The van der Waals surface area contributed by atoms with Gasteiger partial charge >= 0.3 is 0 Å². The molecule has 1 aromatic rings. The van der Waals surface area contributed by atoms with Gasteiger partial charge < -0.3 is 4.52 Å². The molecule has 0 amide bonds. The van der Waals surface area contributed by atoms with E-state index in [1.54, 1.807) is 0 Å². The van der Waals surface area contributed by atoms with Crippen molar-refractivity contribution < 1.29 is 8.73 Å². The molecule has 1 atom stereocenters. The van der Waals surface area contributed by atoms with Crippen LogP contribution in [0.15, 0.2) is 4.52 Å². The second kappa shape index (κ2) is 4.88. The van der Waals surface area contributed by atoms with E-state index in [1.165, 1.54) is 0 Å². The first-order valence-electron chi connectivity index (χ1n) is 5.47. The van der Waals surface area contributed by atoms with E-state index in [0.29, 0.717) is 17.6 Å². The first-order valence-corrected chi connectivity index (χ1v) is 6.96. The molecular weight excluding hydrogens is 212 g/mol. The fourth-order valence-electron chi connectivity index (χ4n) is 1.35. The lowest BCUT2D eigenvalue weighted by Crippen LogP contribution is -2.01. The summed E-state index contributed by atoms with van der Waals surface area (Å²) in [4.78, 5) is 4.25. The molecule has 0 spiro atoms. The molecule has 4 nitrogen and oxygen atoms in total. The highest BCUT2D eigenvalue weighted by atomic mass is 32.2. The van der Waals surface area contributed by atoms with Crippen molar-refractivity contribution in [3.8, 4) is 0 Å². The van der Waals surface area contributed by atoms with Crippen LogP contribution in [0.3, 0.4) is 0 Å². The van der Waals surface area contributed by atoms with Gasteiger partial charge in [-0.05, 0) is 19.3 Å². The Morgan fingerprint density at radius 2 is 2.33 bits per heavy atom. The van der Waals surface area contributed by atoms with E-state index in [9.17, 15) is 4.21 Å². The maximum atomic E-state index is 11.5. The predicted molar refractivity (Wildman–Crippen MR) is 57.9 cm³/mol. The molecule has 0 saturated heterocycles. The maximum absolute atomic E-state index is 11.5. The van der Waals surface area contributed by atoms with E-state index in [4.69, 9.17) is 4.52 Å². The van der Waals surface area contributed by atoms with Crippen molar-refractivity contribution in [2.75, 3.05) is 5.75 Å². The predicted octanol–water partition coefficient (Wildman–Crippen LogP) is 2.00. The van der Waals surface area contributed by atoms with Gasteiger partial charge in [0.05, 0.1) is 0 Å². The molecule has 1 saturated carbocycles. The van der Waals surface area contributed by atoms with E-state index >= 15 is 0 Å². The number of hydrogen-bond acceptors (Lipinski definition) is 4. The molecule has 2 rings (SSSR count). The summed E-state index contributed by atoms with van der Waals surface area (Å²) < 4.78 is 16.6. The highest BCUT2D eigenvalue weighted by Gasteiger charge is 2.28. The Bertz CT molecular complexity index is 347. The summed E-state index contributed by atoms with van der Waals surface area (Å²) in [6.45, 7) is 2.09. The zero-order valence-corrected chi connectivity index (χ0v) is 9.76. The van der Waals surface area contributed by atoms with Crippen LogP contribution < -0.4 is 0 Å². The van der Waals surface area contributed by atoms with Gasteiger partial charge in [0.25, 0.3) is 0 Å². The molecule has 0 unspecified atom stereocenters. The van der Waals surface area contributed by atoms with Crippen LogP contribution in [0.1, 0.15) is 50.2 Å². The third-order valence-corrected chi connectivity index (χ3v) is 3.75. The van der Waals surface area contributed by atoms with Crippen LogP contribution in [0.2, 0.25) is 0 Å². The number of rotatable bonds is 6. The minimum absolute atomic E-state index is 0.416. The Labute approximate surface area is 91.9 Å². The second-order valence-electron chi connectivity index (χ2n) is 3.96. The van der Waals surface area contributed by atoms with E-state index in [2.05, 4.69) is 17.1 Å². The largest absolute Gasteiger partial charge is 0.338 e. The summed E-state index contributed by atoms with van der Waals surface area (Å²) in [7, 11) is -0.847. The van der Waals surface area contributed by atoms with Crippen molar-refractivity contribution in [3.05, 3.63) is 11.7 Å². The van der Waals surface area contributed by atoms with Crippen LogP contribution in [0.25, 0.3) is 0 Å². The first-order chi connectivity index (χ1) is 7.29. The quantitative estimate of drug-likeness (QED) is 0.747. The zero-order valence-electron chi connectivity index (χ0n) is 8.94. The lowest BCUT2D eigenvalue weighted by Gasteiger charge is -1.95. The highest BCUT2D eigenvalue weighted by molar-refractivity contribution is 7.84. The van der Waals surface area contributed by atoms with E-state index in [0.717, 1.165) is 37.3 Å². The molecule has 84 valence electrons. The van der Waals surface area contributed by atoms with Crippen molar-refractivity contribution >= 4 is 10.8 Å². The Morgan fingerprint density at radius 3 is 3.00 bits per heavy atom. The monoisotopic (exact) mass is 228 g/mol.